The van der Waals surface area contributed by atoms with Gasteiger partial charge in [-0.1, -0.05) is 18.2 Å². The number of hydrazine groups is 1. The summed E-state index contributed by atoms with van der Waals surface area (Å²) in [4.78, 5) is 24.6. The maximum Gasteiger partial charge on any atom is 0.269 e. The highest BCUT2D eigenvalue weighted by atomic mass is 32.1. The normalized spacial score (nSPS) is 9.90. The fourth-order valence-corrected chi connectivity index (χ4v) is 2.69. The standard InChI is InChI=1S/C22H20N4O3S/c1-29-19-13-9-15(10-14-19)20(27)23-18-11-7-16(8-12-18)21(28)25-26-22(30)24-17-5-3-2-4-6-17/h2-14H,1H3,(H,23,27)(H,25,28)(H2,24,26,30). The fourth-order valence-electron chi connectivity index (χ4n) is 2.52. The quantitative estimate of drug-likeness (QED) is 0.373. The van der Waals surface area contributed by atoms with E-state index in [-0.39, 0.29) is 16.9 Å². The number of ether oxygens (including phenoxy) is 1. The van der Waals surface area contributed by atoms with Gasteiger partial charge in [0.25, 0.3) is 11.8 Å². The Hall–Kier alpha value is -3.91. The highest BCUT2D eigenvalue weighted by molar-refractivity contribution is 7.80. The Bertz CT molecular complexity index is 1020. The highest BCUT2D eigenvalue weighted by Crippen LogP contribution is 2.14. The van der Waals surface area contributed by atoms with Crippen molar-refractivity contribution in [3.8, 4) is 5.75 Å². The van der Waals surface area contributed by atoms with E-state index in [0.29, 0.717) is 22.6 Å². The van der Waals surface area contributed by atoms with Crippen LogP contribution < -0.4 is 26.2 Å². The Balaban J connectivity index is 1.51. The number of methoxy groups -OCH3 is 1. The first-order valence-corrected chi connectivity index (χ1v) is 9.44. The second-order valence-corrected chi connectivity index (χ2v) is 6.57. The van der Waals surface area contributed by atoms with Crippen LogP contribution in [0.5, 0.6) is 5.75 Å². The number of para-hydroxylation sites is 1. The van der Waals surface area contributed by atoms with E-state index in [4.69, 9.17) is 17.0 Å². The minimum Gasteiger partial charge on any atom is -0.497 e. The van der Waals surface area contributed by atoms with Crippen LogP contribution in [0, 0.1) is 0 Å². The molecule has 0 bridgehead atoms. The van der Waals surface area contributed by atoms with Crippen LogP contribution in [0.1, 0.15) is 20.7 Å². The number of carbonyl (C=O) groups excluding carboxylic acids is 2. The van der Waals surface area contributed by atoms with Crippen molar-refractivity contribution in [3.63, 3.8) is 0 Å². The molecule has 3 rings (SSSR count). The molecular formula is C22H20N4O3S. The molecule has 0 aliphatic carbocycles. The Labute approximate surface area is 179 Å². The van der Waals surface area contributed by atoms with Crippen molar-refractivity contribution in [2.45, 2.75) is 0 Å². The lowest BCUT2D eigenvalue weighted by atomic mass is 10.1. The molecule has 8 heteroatoms. The van der Waals surface area contributed by atoms with Crippen LogP contribution in [0.3, 0.4) is 0 Å². The Morgan fingerprint density at radius 1 is 0.700 bits per heavy atom. The van der Waals surface area contributed by atoms with E-state index in [1.165, 1.54) is 0 Å². The van der Waals surface area contributed by atoms with E-state index >= 15 is 0 Å². The molecule has 0 aromatic heterocycles. The molecule has 0 saturated carbocycles. The third-order valence-electron chi connectivity index (χ3n) is 4.08. The molecule has 0 spiro atoms. The van der Waals surface area contributed by atoms with Gasteiger partial charge in [0, 0.05) is 22.5 Å². The molecule has 30 heavy (non-hydrogen) atoms. The van der Waals surface area contributed by atoms with Gasteiger partial charge < -0.3 is 15.4 Å². The van der Waals surface area contributed by atoms with Crippen LogP contribution in [0.4, 0.5) is 11.4 Å². The SMILES string of the molecule is COc1ccc(C(=O)Nc2ccc(C(=O)NNC(=S)Nc3ccccc3)cc2)cc1. The van der Waals surface area contributed by atoms with Crippen molar-refractivity contribution < 1.29 is 14.3 Å². The summed E-state index contributed by atoms with van der Waals surface area (Å²) in [5.41, 5.74) is 7.46. The zero-order valence-electron chi connectivity index (χ0n) is 16.1. The zero-order chi connectivity index (χ0) is 21.3. The molecule has 3 aromatic rings. The summed E-state index contributed by atoms with van der Waals surface area (Å²) in [6.45, 7) is 0. The number of nitrogens with one attached hydrogen (secondary N) is 4. The number of carbonyl (C=O) groups is 2. The second kappa shape index (κ2) is 10.0. The number of benzene rings is 3. The first-order chi connectivity index (χ1) is 14.5. The molecule has 0 aliphatic rings. The third kappa shape index (κ3) is 5.79. The maximum atomic E-state index is 12.3. The predicted molar refractivity (Wildman–Crippen MR) is 121 cm³/mol. The van der Waals surface area contributed by atoms with Gasteiger partial charge in [-0.15, -0.1) is 0 Å². The summed E-state index contributed by atoms with van der Waals surface area (Å²) < 4.78 is 5.08. The van der Waals surface area contributed by atoms with Crippen molar-refractivity contribution in [1.29, 1.82) is 0 Å². The topological polar surface area (TPSA) is 91.5 Å². The second-order valence-electron chi connectivity index (χ2n) is 6.16. The minimum atomic E-state index is -0.361. The lowest BCUT2D eigenvalue weighted by Gasteiger charge is -2.12. The zero-order valence-corrected chi connectivity index (χ0v) is 17.0. The highest BCUT2D eigenvalue weighted by Gasteiger charge is 2.09. The molecule has 4 N–H and O–H groups in total. The van der Waals surface area contributed by atoms with E-state index in [2.05, 4.69) is 21.5 Å². The van der Waals surface area contributed by atoms with Gasteiger partial charge in [-0.2, -0.15) is 0 Å². The lowest BCUT2D eigenvalue weighted by molar-refractivity contribution is 0.0943. The molecule has 0 atom stereocenters. The summed E-state index contributed by atoms with van der Waals surface area (Å²) >= 11 is 5.14. The first-order valence-electron chi connectivity index (χ1n) is 9.03. The van der Waals surface area contributed by atoms with Crippen LogP contribution >= 0.6 is 12.2 Å². The Morgan fingerprint density at radius 2 is 1.27 bits per heavy atom. The molecule has 3 aromatic carbocycles. The van der Waals surface area contributed by atoms with Gasteiger partial charge in [0.15, 0.2) is 5.11 Å². The van der Waals surface area contributed by atoms with E-state index in [0.717, 1.165) is 5.69 Å². The fraction of sp³-hybridized carbons (Fsp3) is 0.0455. The monoisotopic (exact) mass is 420 g/mol. The van der Waals surface area contributed by atoms with Gasteiger partial charge in [0.1, 0.15) is 5.75 Å². The van der Waals surface area contributed by atoms with Gasteiger partial charge in [0.05, 0.1) is 7.11 Å². The minimum absolute atomic E-state index is 0.256. The van der Waals surface area contributed by atoms with Gasteiger partial charge in [-0.25, -0.2) is 0 Å². The van der Waals surface area contributed by atoms with E-state index in [1.807, 2.05) is 30.3 Å². The number of anilines is 2. The van der Waals surface area contributed by atoms with Gasteiger partial charge in [-0.05, 0) is 72.9 Å². The number of hydrogen-bond acceptors (Lipinski definition) is 4. The molecule has 7 nitrogen and oxygen atoms in total. The van der Waals surface area contributed by atoms with Crippen LogP contribution in [0.15, 0.2) is 78.9 Å². The van der Waals surface area contributed by atoms with Crippen molar-refractivity contribution in [2.75, 3.05) is 17.7 Å². The number of hydrogen-bond donors (Lipinski definition) is 4. The number of amides is 2. The Morgan fingerprint density at radius 3 is 1.90 bits per heavy atom. The van der Waals surface area contributed by atoms with E-state index in [9.17, 15) is 9.59 Å². The summed E-state index contributed by atoms with van der Waals surface area (Å²) in [6, 6.07) is 22.6. The largest absolute Gasteiger partial charge is 0.497 e. The Kier molecular flexibility index (Phi) is 6.96. The molecule has 0 aliphatic heterocycles. The lowest BCUT2D eigenvalue weighted by Crippen LogP contribution is -2.43. The number of rotatable bonds is 5. The van der Waals surface area contributed by atoms with E-state index < -0.39 is 0 Å². The average molecular weight is 420 g/mol. The summed E-state index contributed by atoms with van der Waals surface area (Å²) in [5, 5.41) is 6.00. The van der Waals surface area contributed by atoms with Crippen molar-refractivity contribution in [2.24, 2.45) is 0 Å². The molecule has 0 saturated heterocycles. The van der Waals surface area contributed by atoms with Crippen molar-refractivity contribution in [1.82, 2.24) is 10.9 Å². The van der Waals surface area contributed by atoms with Gasteiger partial charge in [-0.3, -0.25) is 20.4 Å². The predicted octanol–water partition coefficient (Wildman–Crippen LogP) is 3.58. The molecule has 152 valence electrons. The van der Waals surface area contributed by atoms with Crippen LogP contribution in [-0.2, 0) is 0 Å². The molecule has 0 unspecified atom stereocenters. The van der Waals surface area contributed by atoms with Crippen LogP contribution in [-0.4, -0.2) is 24.0 Å². The van der Waals surface area contributed by atoms with Gasteiger partial charge >= 0.3 is 0 Å². The summed E-state index contributed by atoms with van der Waals surface area (Å²) in [7, 11) is 1.57. The van der Waals surface area contributed by atoms with Crippen molar-refractivity contribution in [3.05, 3.63) is 90.0 Å². The average Bonchev–Trinajstić information content (AvgIpc) is 2.78. The molecule has 0 radical (unpaired) electrons. The first kappa shape index (κ1) is 20.8. The summed E-state index contributed by atoms with van der Waals surface area (Å²) in [5.74, 6) is 0.0584. The van der Waals surface area contributed by atoms with Crippen molar-refractivity contribution >= 4 is 40.5 Å². The smallest absolute Gasteiger partial charge is 0.269 e. The molecule has 0 heterocycles. The molecule has 2 amide bonds. The molecular weight excluding hydrogens is 400 g/mol. The summed E-state index contributed by atoms with van der Waals surface area (Å²) in [6.07, 6.45) is 0. The third-order valence-corrected chi connectivity index (χ3v) is 4.28. The number of thiocarbonyl (C=S) groups is 1. The molecule has 0 fully saturated rings. The van der Waals surface area contributed by atoms with Gasteiger partial charge in [0.2, 0.25) is 0 Å². The maximum absolute atomic E-state index is 12.3. The van der Waals surface area contributed by atoms with Crippen LogP contribution in [0.2, 0.25) is 0 Å². The van der Waals surface area contributed by atoms with Crippen LogP contribution in [0.25, 0.3) is 0 Å². The van der Waals surface area contributed by atoms with E-state index in [1.54, 1.807) is 55.6 Å².